The molecule has 0 saturated carbocycles. The van der Waals surface area contributed by atoms with E-state index in [0.717, 1.165) is 18.9 Å². The van der Waals surface area contributed by atoms with Gasteiger partial charge in [0.1, 0.15) is 5.84 Å². The lowest BCUT2D eigenvalue weighted by Gasteiger charge is -2.06. The van der Waals surface area contributed by atoms with Crippen LogP contribution in [0.4, 0.5) is 0 Å². The first-order valence-electron chi connectivity index (χ1n) is 3.29. The van der Waals surface area contributed by atoms with E-state index in [9.17, 15) is 4.79 Å². The Labute approximate surface area is 59.5 Å². The van der Waals surface area contributed by atoms with Gasteiger partial charge in [0.15, 0.2) is 0 Å². The Hall–Kier alpha value is -1.06. The molecule has 1 aliphatic rings. The highest BCUT2D eigenvalue weighted by molar-refractivity contribution is 6.02. The Morgan fingerprint density at radius 3 is 3.00 bits per heavy atom. The van der Waals surface area contributed by atoms with Crippen molar-refractivity contribution in [2.75, 3.05) is 13.1 Å². The first-order valence-corrected chi connectivity index (χ1v) is 3.29. The Morgan fingerprint density at radius 2 is 2.60 bits per heavy atom. The molecule has 3 N–H and O–H groups in total. The second-order valence-electron chi connectivity index (χ2n) is 2.32. The van der Waals surface area contributed by atoms with E-state index in [1.807, 2.05) is 0 Å². The fraction of sp³-hybridized carbons (Fsp3) is 0.667. The minimum Gasteiger partial charge on any atom is -0.371 e. The van der Waals surface area contributed by atoms with Crippen LogP contribution in [0, 0.1) is 5.92 Å². The molecule has 0 saturated heterocycles. The van der Waals surface area contributed by atoms with Gasteiger partial charge in [-0.1, -0.05) is 0 Å². The normalized spacial score (nSPS) is 19.5. The van der Waals surface area contributed by atoms with Crippen LogP contribution in [0.3, 0.4) is 0 Å². The van der Waals surface area contributed by atoms with Crippen molar-refractivity contribution in [2.24, 2.45) is 16.6 Å². The van der Waals surface area contributed by atoms with E-state index in [2.05, 4.69) is 10.3 Å². The first-order chi connectivity index (χ1) is 4.72. The topological polar surface area (TPSA) is 67.5 Å². The predicted octanol–water partition coefficient (Wildman–Crippen LogP) is -0.890. The number of aliphatic imine (C=N–C) groups is 1. The molecule has 0 aliphatic carbocycles. The Bertz CT molecular complexity index is 176. The molecule has 4 heteroatoms. The zero-order valence-corrected chi connectivity index (χ0v) is 5.92. The first kappa shape index (κ1) is 7.05. The third kappa shape index (κ3) is 1.26. The van der Waals surface area contributed by atoms with E-state index < -0.39 is 0 Å². The molecule has 0 fully saturated rings. The van der Waals surface area contributed by atoms with Gasteiger partial charge in [0.25, 0.3) is 0 Å². The summed E-state index contributed by atoms with van der Waals surface area (Å²) in [6.07, 6.45) is 0. The zero-order valence-electron chi connectivity index (χ0n) is 5.92. The van der Waals surface area contributed by atoms with Crippen molar-refractivity contribution in [1.82, 2.24) is 5.32 Å². The minimum absolute atomic E-state index is 0.262. The maximum absolute atomic E-state index is 10.6. The van der Waals surface area contributed by atoms with Crippen LogP contribution < -0.4 is 11.1 Å². The van der Waals surface area contributed by atoms with Crippen molar-refractivity contribution in [1.29, 1.82) is 0 Å². The predicted molar refractivity (Wildman–Crippen MR) is 38.7 cm³/mol. The van der Waals surface area contributed by atoms with E-state index in [0.29, 0.717) is 0 Å². The van der Waals surface area contributed by atoms with Crippen LogP contribution in [-0.4, -0.2) is 24.8 Å². The maximum Gasteiger partial charge on any atom is 0.227 e. The lowest BCUT2D eigenvalue weighted by molar-refractivity contribution is -0.119. The maximum atomic E-state index is 10.6. The molecule has 1 heterocycles. The Balaban J connectivity index is 2.55. The lowest BCUT2D eigenvalue weighted by atomic mass is 10.1. The molecule has 1 aliphatic heterocycles. The summed E-state index contributed by atoms with van der Waals surface area (Å²) < 4.78 is 0. The zero-order chi connectivity index (χ0) is 7.56. The number of nitrogens with two attached hydrogens (primary N) is 1. The van der Waals surface area contributed by atoms with Crippen LogP contribution in [0.15, 0.2) is 4.99 Å². The molecule has 0 radical (unpaired) electrons. The fourth-order valence-corrected chi connectivity index (χ4v) is 0.841. The van der Waals surface area contributed by atoms with Gasteiger partial charge in [-0.05, 0) is 6.92 Å². The van der Waals surface area contributed by atoms with Crippen molar-refractivity contribution >= 4 is 11.7 Å². The average Bonchev–Trinajstić information content (AvgIpc) is 2.36. The van der Waals surface area contributed by atoms with Gasteiger partial charge in [0.2, 0.25) is 5.91 Å². The molecule has 0 spiro atoms. The van der Waals surface area contributed by atoms with Gasteiger partial charge in [-0.2, -0.15) is 0 Å². The molecule has 1 atom stereocenters. The number of amides is 1. The van der Waals surface area contributed by atoms with Gasteiger partial charge in [-0.3, -0.25) is 9.79 Å². The van der Waals surface area contributed by atoms with Crippen molar-refractivity contribution < 1.29 is 4.79 Å². The van der Waals surface area contributed by atoms with E-state index in [1.54, 1.807) is 6.92 Å². The molecular formula is C6H11N3O. The highest BCUT2D eigenvalue weighted by Gasteiger charge is 2.17. The summed E-state index contributed by atoms with van der Waals surface area (Å²) in [5, 5.41) is 2.99. The number of amidine groups is 1. The molecule has 0 aromatic rings. The number of primary amides is 1. The molecule has 1 unspecified atom stereocenters. The second-order valence-corrected chi connectivity index (χ2v) is 2.32. The summed E-state index contributed by atoms with van der Waals surface area (Å²) in [6, 6.07) is 0. The average molecular weight is 141 g/mol. The lowest BCUT2D eigenvalue weighted by Crippen LogP contribution is -2.34. The van der Waals surface area contributed by atoms with Crippen LogP contribution in [0.5, 0.6) is 0 Å². The second kappa shape index (κ2) is 2.68. The summed E-state index contributed by atoms with van der Waals surface area (Å²) in [6.45, 7) is 3.33. The number of carbonyl (C=O) groups excluding carboxylic acids is 1. The standard InChI is InChI=1S/C6H11N3O/c1-4(5(7)10)6-8-2-3-9-6/h4H,2-3H2,1H3,(H2,7,10)(H,8,9). The smallest absolute Gasteiger partial charge is 0.227 e. The minimum atomic E-state index is -0.326. The van der Waals surface area contributed by atoms with Gasteiger partial charge in [0, 0.05) is 6.54 Å². The van der Waals surface area contributed by atoms with Gasteiger partial charge in [-0.15, -0.1) is 0 Å². The molecule has 56 valence electrons. The van der Waals surface area contributed by atoms with E-state index >= 15 is 0 Å². The van der Waals surface area contributed by atoms with Gasteiger partial charge in [-0.25, -0.2) is 0 Å². The van der Waals surface area contributed by atoms with Crippen molar-refractivity contribution in [3.63, 3.8) is 0 Å². The van der Waals surface area contributed by atoms with Gasteiger partial charge >= 0.3 is 0 Å². The van der Waals surface area contributed by atoms with E-state index in [4.69, 9.17) is 5.73 Å². The summed E-state index contributed by atoms with van der Waals surface area (Å²) in [4.78, 5) is 14.6. The van der Waals surface area contributed by atoms with Crippen molar-refractivity contribution in [2.45, 2.75) is 6.92 Å². The van der Waals surface area contributed by atoms with Gasteiger partial charge in [0.05, 0.1) is 12.5 Å². The van der Waals surface area contributed by atoms with Crippen LogP contribution >= 0.6 is 0 Å². The van der Waals surface area contributed by atoms with Crippen molar-refractivity contribution in [3.05, 3.63) is 0 Å². The van der Waals surface area contributed by atoms with E-state index in [1.165, 1.54) is 0 Å². The van der Waals surface area contributed by atoms with Crippen LogP contribution in [-0.2, 0) is 4.79 Å². The number of rotatable bonds is 2. The number of carbonyl (C=O) groups is 1. The largest absolute Gasteiger partial charge is 0.371 e. The molecular weight excluding hydrogens is 130 g/mol. The third-order valence-electron chi connectivity index (χ3n) is 1.54. The molecule has 4 nitrogen and oxygen atoms in total. The highest BCUT2D eigenvalue weighted by Crippen LogP contribution is 1.98. The van der Waals surface area contributed by atoms with Crippen LogP contribution in [0.1, 0.15) is 6.92 Å². The molecule has 0 aromatic heterocycles. The number of nitrogens with zero attached hydrogens (tertiary/aromatic N) is 1. The van der Waals surface area contributed by atoms with Gasteiger partial charge < -0.3 is 11.1 Å². The molecule has 0 bridgehead atoms. The number of nitrogens with one attached hydrogen (secondary N) is 1. The molecule has 10 heavy (non-hydrogen) atoms. The SMILES string of the molecule is CC(C(N)=O)C1=NCCN1. The number of hydrogen-bond donors (Lipinski definition) is 2. The Morgan fingerprint density at radius 1 is 1.90 bits per heavy atom. The van der Waals surface area contributed by atoms with Crippen molar-refractivity contribution in [3.8, 4) is 0 Å². The van der Waals surface area contributed by atoms with E-state index in [-0.39, 0.29) is 11.8 Å². The molecule has 1 rings (SSSR count). The summed E-state index contributed by atoms with van der Waals surface area (Å²) in [7, 11) is 0. The van der Waals surface area contributed by atoms with Crippen LogP contribution in [0.25, 0.3) is 0 Å². The molecule has 1 amide bonds. The third-order valence-corrected chi connectivity index (χ3v) is 1.54. The number of hydrogen-bond acceptors (Lipinski definition) is 3. The fourth-order valence-electron chi connectivity index (χ4n) is 0.841. The summed E-state index contributed by atoms with van der Waals surface area (Å²) in [5.74, 6) is 0.142. The quantitative estimate of drug-likeness (QED) is 0.524. The summed E-state index contributed by atoms with van der Waals surface area (Å²) >= 11 is 0. The Kier molecular flexibility index (Phi) is 1.89. The summed E-state index contributed by atoms with van der Waals surface area (Å²) in [5.41, 5.74) is 5.06. The highest BCUT2D eigenvalue weighted by atomic mass is 16.1. The molecule has 0 aromatic carbocycles. The van der Waals surface area contributed by atoms with Crippen LogP contribution in [0.2, 0.25) is 0 Å². The monoisotopic (exact) mass is 141 g/mol.